The van der Waals surface area contributed by atoms with Gasteiger partial charge in [-0.1, -0.05) is 18.2 Å². The maximum absolute atomic E-state index is 11.8. The van der Waals surface area contributed by atoms with Crippen LogP contribution in [0.15, 0.2) is 24.3 Å². The highest BCUT2D eigenvalue weighted by Crippen LogP contribution is 2.24. The van der Waals surface area contributed by atoms with Crippen molar-refractivity contribution in [3.63, 3.8) is 0 Å². The molecule has 1 fully saturated rings. The molecule has 0 bridgehead atoms. The quantitative estimate of drug-likeness (QED) is 0.734. The van der Waals surface area contributed by atoms with Gasteiger partial charge in [0, 0.05) is 23.7 Å². The molecule has 1 amide bonds. The Labute approximate surface area is 116 Å². The van der Waals surface area contributed by atoms with E-state index in [1.54, 1.807) is 31.0 Å². The number of para-hydroxylation sites is 1. The predicted octanol–water partition coefficient (Wildman–Crippen LogP) is 0.507. The van der Waals surface area contributed by atoms with Gasteiger partial charge in [0.15, 0.2) is 0 Å². The van der Waals surface area contributed by atoms with Gasteiger partial charge in [-0.15, -0.1) is 11.8 Å². The summed E-state index contributed by atoms with van der Waals surface area (Å²) in [5.74, 6) is 2.13. The number of aliphatic hydroxyl groups is 1. The highest BCUT2D eigenvalue weighted by atomic mass is 32.2. The van der Waals surface area contributed by atoms with Crippen LogP contribution in [-0.2, 0) is 4.79 Å². The third-order valence-corrected chi connectivity index (χ3v) is 3.94. The van der Waals surface area contributed by atoms with Gasteiger partial charge in [-0.2, -0.15) is 0 Å². The summed E-state index contributed by atoms with van der Waals surface area (Å²) >= 11 is 1.69. The fraction of sp³-hybridized carbons (Fsp3) is 0.462. The molecule has 0 saturated carbocycles. The Morgan fingerprint density at radius 2 is 2.42 bits per heavy atom. The number of thioether (sulfide) groups is 1. The van der Waals surface area contributed by atoms with Crippen molar-refractivity contribution in [2.75, 3.05) is 25.3 Å². The van der Waals surface area contributed by atoms with E-state index in [4.69, 9.17) is 4.74 Å². The Kier molecular flexibility index (Phi) is 5.07. The van der Waals surface area contributed by atoms with Crippen molar-refractivity contribution in [3.8, 4) is 5.75 Å². The molecule has 1 saturated heterocycles. The predicted molar refractivity (Wildman–Crippen MR) is 75.2 cm³/mol. The number of aliphatic hydroxyl groups excluding tert-OH is 1. The molecule has 1 aromatic carbocycles. The maximum atomic E-state index is 11.8. The summed E-state index contributed by atoms with van der Waals surface area (Å²) in [7, 11) is 1.56. The van der Waals surface area contributed by atoms with Crippen LogP contribution in [0.3, 0.4) is 0 Å². The van der Waals surface area contributed by atoms with Gasteiger partial charge in [0.1, 0.15) is 5.75 Å². The number of nitrogens with one attached hydrogen (secondary N) is 2. The zero-order chi connectivity index (χ0) is 13.7. The standard InChI is InChI=1S/C13H18N2O3S/c1-18-12-5-3-2-4-9(12)11(16)6-14-13(17)10-7-19-8-15-10/h2-5,10-11,15-16H,6-8H2,1H3,(H,14,17)/t10-,11+/m0/s1. The lowest BCUT2D eigenvalue weighted by Gasteiger charge is -2.16. The summed E-state index contributed by atoms with van der Waals surface area (Å²) in [6, 6.07) is 7.09. The molecule has 1 heterocycles. The second-order valence-corrected chi connectivity index (χ2v) is 5.30. The van der Waals surface area contributed by atoms with E-state index in [2.05, 4.69) is 10.6 Å². The topological polar surface area (TPSA) is 70.6 Å². The second kappa shape index (κ2) is 6.79. The maximum Gasteiger partial charge on any atom is 0.238 e. The Hall–Kier alpha value is -1.24. The average Bonchev–Trinajstić information content (AvgIpc) is 2.98. The molecule has 19 heavy (non-hydrogen) atoms. The fourth-order valence-corrected chi connectivity index (χ4v) is 2.88. The van der Waals surface area contributed by atoms with Crippen molar-refractivity contribution in [1.29, 1.82) is 0 Å². The van der Waals surface area contributed by atoms with E-state index in [0.717, 1.165) is 11.6 Å². The second-order valence-electron chi connectivity index (χ2n) is 4.27. The third kappa shape index (κ3) is 3.62. The Morgan fingerprint density at radius 3 is 3.11 bits per heavy atom. The molecule has 1 aliphatic rings. The van der Waals surface area contributed by atoms with E-state index in [-0.39, 0.29) is 18.5 Å². The lowest BCUT2D eigenvalue weighted by Crippen LogP contribution is -2.43. The summed E-state index contributed by atoms with van der Waals surface area (Å²) in [5, 5.41) is 15.9. The van der Waals surface area contributed by atoms with E-state index < -0.39 is 6.10 Å². The van der Waals surface area contributed by atoms with E-state index >= 15 is 0 Å². The molecule has 2 rings (SSSR count). The van der Waals surface area contributed by atoms with Crippen molar-refractivity contribution in [3.05, 3.63) is 29.8 Å². The minimum Gasteiger partial charge on any atom is -0.496 e. The highest BCUT2D eigenvalue weighted by Gasteiger charge is 2.23. The molecular formula is C13H18N2O3S. The highest BCUT2D eigenvalue weighted by molar-refractivity contribution is 7.99. The van der Waals surface area contributed by atoms with Gasteiger partial charge in [0.2, 0.25) is 5.91 Å². The first-order chi connectivity index (χ1) is 9.22. The number of hydrogen-bond acceptors (Lipinski definition) is 5. The van der Waals surface area contributed by atoms with Gasteiger partial charge in [-0.3, -0.25) is 10.1 Å². The fourth-order valence-electron chi connectivity index (χ4n) is 1.94. The average molecular weight is 282 g/mol. The number of carbonyl (C=O) groups excluding carboxylic acids is 1. The first kappa shape index (κ1) is 14.2. The van der Waals surface area contributed by atoms with Crippen molar-refractivity contribution in [1.82, 2.24) is 10.6 Å². The number of carbonyl (C=O) groups is 1. The molecule has 1 aromatic rings. The molecule has 2 atom stereocenters. The lowest BCUT2D eigenvalue weighted by molar-refractivity contribution is -0.122. The van der Waals surface area contributed by atoms with Gasteiger partial charge >= 0.3 is 0 Å². The van der Waals surface area contributed by atoms with Crippen molar-refractivity contribution in [2.45, 2.75) is 12.1 Å². The van der Waals surface area contributed by atoms with Crippen LogP contribution in [-0.4, -0.2) is 42.3 Å². The SMILES string of the molecule is COc1ccccc1[C@H](O)CNC(=O)[C@@H]1CSCN1. The first-order valence-corrected chi connectivity index (χ1v) is 7.27. The van der Waals surface area contributed by atoms with Crippen LogP contribution >= 0.6 is 11.8 Å². The molecule has 0 unspecified atom stereocenters. The minimum absolute atomic E-state index is 0.0704. The monoisotopic (exact) mass is 282 g/mol. The number of ether oxygens (including phenoxy) is 1. The van der Waals surface area contributed by atoms with Gasteiger partial charge in [-0.25, -0.2) is 0 Å². The molecule has 0 radical (unpaired) electrons. The number of benzene rings is 1. The zero-order valence-electron chi connectivity index (χ0n) is 10.8. The lowest BCUT2D eigenvalue weighted by atomic mass is 10.1. The summed E-state index contributed by atoms with van der Waals surface area (Å²) in [6.07, 6.45) is -0.769. The van der Waals surface area contributed by atoms with Crippen LogP contribution in [0.4, 0.5) is 0 Å². The molecule has 104 valence electrons. The van der Waals surface area contributed by atoms with Crippen LogP contribution in [0.25, 0.3) is 0 Å². The van der Waals surface area contributed by atoms with Crippen LogP contribution in [0.2, 0.25) is 0 Å². The number of amides is 1. The van der Waals surface area contributed by atoms with Gasteiger partial charge in [0.25, 0.3) is 0 Å². The number of methoxy groups -OCH3 is 1. The van der Waals surface area contributed by atoms with Gasteiger partial charge in [0.05, 0.1) is 19.3 Å². The molecule has 6 heteroatoms. The number of hydrogen-bond donors (Lipinski definition) is 3. The van der Waals surface area contributed by atoms with E-state index in [0.29, 0.717) is 11.3 Å². The van der Waals surface area contributed by atoms with Gasteiger partial charge < -0.3 is 15.2 Å². The normalized spacial score (nSPS) is 20.0. The third-order valence-electron chi connectivity index (χ3n) is 3.00. The van der Waals surface area contributed by atoms with Crippen LogP contribution < -0.4 is 15.4 Å². The largest absolute Gasteiger partial charge is 0.496 e. The van der Waals surface area contributed by atoms with Crippen molar-refractivity contribution >= 4 is 17.7 Å². The van der Waals surface area contributed by atoms with Crippen molar-refractivity contribution in [2.24, 2.45) is 0 Å². The van der Waals surface area contributed by atoms with Crippen LogP contribution in [0.1, 0.15) is 11.7 Å². The minimum atomic E-state index is -0.769. The van der Waals surface area contributed by atoms with Crippen LogP contribution in [0.5, 0.6) is 5.75 Å². The molecule has 3 N–H and O–H groups in total. The summed E-state index contributed by atoms with van der Waals surface area (Å²) in [4.78, 5) is 11.8. The Balaban J connectivity index is 1.89. The first-order valence-electron chi connectivity index (χ1n) is 6.12. The molecule has 0 spiro atoms. The summed E-state index contributed by atoms with van der Waals surface area (Å²) < 4.78 is 5.18. The van der Waals surface area contributed by atoms with Crippen molar-refractivity contribution < 1.29 is 14.6 Å². The molecule has 0 aromatic heterocycles. The smallest absolute Gasteiger partial charge is 0.238 e. The zero-order valence-corrected chi connectivity index (χ0v) is 11.6. The molecule has 1 aliphatic heterocycles. The molecule has 5 nitrogen and oxygen atoms in total. The molecule has 0 aliphatic carbocycles. The van der Waals surface area contributed by atoms with E-state index in [1.807, 2.05) is 12.1 Å². The number of rotatable bonds is 5. The summed E-state index contributed by atoms with van der Waals surface area (Å²) in [6.45, 7) is 0.183. The Bertz CT molecular complexity index is 436. The van der Waals surface area contributed by atoms with Crippen LogP contribution in [0, 0.1) is 0 Å². The summed E-state index contributed by atoms with van der Waals surface area (Å²) in [5.41, 5.74) is 0.680. The molecular weight excluding hydrogens is 264 g/mol. The van der Waals surface area contributed by atoms with E-state index in [9.17, 15) is 9.90 Å². The Morgan fingerprint density at radius 1 is 1.63 bits per heavy atom. The van der Waals surface area contributed by atoms with E-state index in [1.165, 1.54) is 0 Å². The van der Waals surface area contributed by atoms with Gasteiger partial charge in [-0.05, 0) is 6.07 Å².